The monoisotopic (exact) mass is 414 g/mol. The molecule has 0 aliphatic carbocycles. The van der Waals surface area contributed by atoms with Crippen LogP contribution in [-0.4, -0.2) is 34.2 Å². The molecule has 1 aromatic heterocycles. The number of ether oxygens (including phenoxy) is 1. The largest absolute Gasteiger partial charge is 0.494 e. The van der Waals surface area contributed by atoms with Gasteiger partial charge in [-0.2, -0.15) is 4.98 Å². The Morgan fingerprint density at radius 1 is 1.27 bits per heavy atom. The number of aromatic nitrogens is 2. The fourth-order valence-corrected chi connectivity index (χ4v) is 3.41. The van der Waals surface area contributed by atoms with Crippen molar-refractivity contribution in [3.05, 3.63) is 60.0 Å². The highest BCUT2D eigenvalue weighted by Gasteiger charge is 2.34. The van der Waals surface area contributed by atoms with Gasteiger partial charge in [-0.3, -0.25) is 0 Å². The Morgan fingerprint density at radius 3 is 2.80 bits per heavy atom. The van der Waals surface area contributed by atoms with E-state index >= 15 is 0 Å². The molecule has 1 aliphatic heterocycles. The van der Waals surface area contributed by atoms with E-state index in [1.165, 1.54) is 6.07 Å². The first-order valence-corrected chi connectivity index (χ1v) is 9.64. The number of halogens is 2. The molecule has 0 radical (unpaired) electrons. The second-order valence-electron chi connectivity index (χ2n) is 6.82. The van der Waals surface area contributed by atoms with Gasteiger partial charge >= 0.3 is 6.03 Å². The molecule has 1 N–H and O–H groups in total. The number of benzene rings is 2. The van der Waals surface area contributed by atoms with Gasteiger partial charge in [0.1, 0.15) is 23.4 Å². The van der Waals surface area contributed by atoms with Crippen molar-refractivity contribution in [1.29, 1.82) is 0 Å². The van der Waals surface area contributed by atoms with Gasteiger partial charge in [-0.05, 0) is 56.2 Å². The molecule has 1 unspecified atom stereocenters. The number of anilines is 1. The van der Waals surface area contributed by atoms with E-state index in [9.17, 15) is 13.6 Å². The second-order valence-corrected chi connectivity index (χ2v) is 6.82. The average molecular weight is 414 g/mol. The maximum absolute atomic E-state index is 14.0. The summed E-state index contributed by atoms with van der Waals surface area (Å²) in [5.41, 5.74) is 0.670. The smallest absolute Gasteiger partial charge is 0.322 e. The van der Waals surface area contributed by atoms with Crippen LogP contribution in [0.5, 0.6) is 5.75 Å². The van der Waals surface area contributed by atoms with Crippen LogP contribution in [0.1, 0.15) is 31.7 Å². The third kappa shape index (κ3) is 4.10. The van der Waals surface area contributed by atoms with Crippen molar-refractivity contribution >= 4 is 11.7 Å². The third-order valence-electron chi connectivity index (χ3n) is 4.83. The molecular formula is C21H20F2N4O3. The van der Waals surface area contributed by atoms with Gasteiger partial charge in [0.05, 0.1) is 12.2 Å². The molecular weight excluding hydrogens is 394 g/mol. The highest BCUT2D eigenvalue weighted by molar-refractivity contribution is 5.89. The lowest BCUT2D eigenvalue weighted by Crippen LogP contribution is -2.34. The van der Waals surface area contributed by atoms with Gasteiger partial charge in [-0.15, -0.1) is 0 Å². The quantitative estimate of drug-likeness (QED) is 0.650. The maximum Gasteiger partial charge on any atom is 0.322 e. The van der Waals surface area contributed by atoms with Crippen molar-refractivity contribution in [3.63, 3.8) is 0 Å². The molecule has 1 saturated heterocycles. The Hall–Kier alpha value is -3.49. The molecule has 30 heavy (non-hydrogen) atoms. The van der Waals surface area contributed by atoms with Crippen LogP contribution in [0.25, 0.3) is 11.4 Å². The van der Waals surface area contributed by atoms with Crippen LogP contribution in [0.15, 0.2) is 47.0 Å². The number of hydrogen-bond donors (Lipinski definition) is 1. The number of rotatable bonds is 5. The Labute approximate surface area is 171 Å². The van der Waals surface area contributed by atoms with Crippen molar-refractivity contribution in [2.45, 2.75) is 25.8 Å². The number of likely N-dealkylation sites (tertiary alicyclic amines) is 1. The zero-order chi connectivity index (χ0) is 21.1. The molecule has 3 aromatic rings. The van der Waals surface area contributed by atoms with Crippen LogP contribution in [0, 0.1) is 11.6 Å². The predicted molar refractivity (Wildman–Crippen MR) is 105 cm³/mol. The van der Waals surface area contributed by atoms with Crippen LogP contribution in [0.2, 0.25) is 0 Å². The number of urea groups is 1. The van der Waals surface area contributed by atoms with Gasteiger partial charge in [-0.1, -0.05) is 5.16 Å². The molecule has 2 aromatic carbocycles. The van der Waals surface area contributed by atoms with Crippen molar-refractivity contribution in [2.24, 2.45) is 0 Å². The van der Waals surface area contributed by atoms with Crippen molar-refractivity contribution in [1.82, 2.24) is 15.0 Å². The fourth-order valence-electron chi connectivity index (χ4n) is 3.41. The summed E-state index contributed by atoms with van der Waals surface area (Å²) in [6.07, 6.45) is 1.41. The molecule has 1 fully saturated rings. The number of carbonyl (C=O) groups excluding carboxylic acids is 1. The summed E-state index contributed by atoms with van der Waals surface area (Å²) in [5, 5.41) is 6.65. The molecule has 1 atom stereocenters. The normalized spacial score (nSPS) is 16.0. The van der Waals surface area contributed by atoms with Crippen molar-refractivity contribution < 1.29 is 22.8 Å². The molecule has 0 bridgehead atoms. The highest BCUT2D eigenvalue weighted by atomic mass is 19.1. The van der Waals surface area contributed by atoms with Gasteiger partial charge in [0, 0.05) is 18.3 Å². The standard InChI is InChI=1S/C21H20F2N4O3/c1-2-29-15-8-6-14(7-9-15)24-21(28)27-11-3-4-18(27)20-25-19(26-30-20)16-10-5-13(22)12-17(16)23/h5-10,12,18H,2-4,11H2,1H3,(H,24,28). The van der Waals surface area contributed by atoms with E-state index in [4.69, 9.17) is 9.26 Å². The van der Waals surface area contributed by atoms with Gasteiger partial charge in [0.2, 0.25) is 11.7 Å². The summed E-state index contributed by atoms with van der Waals surface area (Å²) in [6, 6.07) is 9.51. The minimum atomic E-state index is -0.779. The minimum Gasteiger partial charge on any atom is -0.494 e. The van der Waals surface area contributed by atoms with E-state index in [-0.39, 0.29) is 23.3 Å². The van der Waals surface area contributed by atoms with Crippen molar-refractivity contribution in [2.75, 3.05) is 18.5 Å². The van der Waals surface area contributed by atoms with Gasteiger partial charge in [0.25, 0.3) is 0 Å². The molecule has 156 valence electrons. The summed E-state index contributed by atoms with van der Waals surface area (Å²) in [5.74, 6) is -0.512. The summed E-state index contributed by atoms with van der Waals surface area (Å²) in [6.45, 7) is 2.99. The summed E-state index contributed by atoms with van der Waals surface area (Å²) in [7, 11) is 0. The summed E-state index contributed by atoms with van der Waals surface area (Å²) >= 11 is 0. The molecule has 4 rings (SSSR count). The average Bonchev–Trinajstić information content (AvgIpc) is 3.39. The molecule has 1 aliphatic rings. The lowest BCUT2D eigenvalue weighted by molar-refractivity contribution is 0.193. The number of nitrogens with one attached hydrogen (secondary N) is 1. The van der Waals surface area contributed by atoms with Crippen molar-refractivity contribution in [3.8, 4) is 17.1 Å². The molecule has 0 saturated carbocycles. The highest BCUT2D eigenvalue weighted by Crippen LogP contribution is 2.33. The van der Waals surface area contributed by atoms with Gasteiger partial charge in [-0.25, -0.2) is 13.6 Å². The van der Waals surface area contributed by atoms with E-state index in [0.29, 0.717) is 25.3 Å². The Kier molecular flexibility index (Phi) is 5.60. The topological polar surface area (TPSA) is 80.5 Å². The summed E-state index contributed by atoms with van der Waals surface area (Å²) in [4.78, 5) is 18.6. The van der Waals surface area contributed by atoms with Gasteiger partial charge < -0.3 is 19.5 Å². The van der Waals surface area contributed by atoms with E-state index in [1.54, 1.807) is 29.2 Å². The lowest BCUT2D eigenvalue weighted by Gasteiger charge is -2.22. The number of nitrogens with zero attached hydrogens (tertiary/aromatic N) is 3. The van der Waals surface area contributed by atoms with Gasteiger partial charge in [0.15, 0.2) is 0 Å². The van der Waals surface area contributed by atoms with Crippen LogP contribution in [0.3, 0.4) is 0 Å². The number of hydrogen-bond acceptors (Lipinski definition) is 5. The lowest BCUT2D eigenvalue weighted by atomic mass is 10.2. The second kappa shape index (κ2) is 8.48. The third-order valence-corrected chi connectivity index (χ3v) is 4.83. The maximum atomic E-state index is 14.0. The molecule has 2 amide bonds. The van der Waals surface area contributed by atoms with E-state index < -0.39 is 17.7 Å². The first-order chi connectivity index (χ1) is 14.5. The molecule has 9 heteroatoms. The number of carbonyl (C=O) groups is 1. The fraction of sp³-hybridized carbons (Fsp3) is 0.286. The van der Waals surface area contributed by atoms with Crippen LogP contribution in [-0.2, 0) is 0 Å². The predicted octanol–water partition coefficient (Wildman–Crippen LogP) is 4.78. The van der Waals surface area contributed by atoms with E-state index in [0.717, 1.165) is 24.3 Å². The number of amides is 2. The zero-order valence-corrected chi connectivity index (χ0v) is 16.3. The van der Waals surface area contributed by atoms with Crippen LogP contribution >= 0.6 is 0 Å². The zero-order valence-electron chi connectivity index (χ0n) is 16.3. The van der Waals surface area contributed by atoms with Crippen LogP contribution < -0.4 is 10.1 Å². The summed E-state index contributed by atoms with van der Waals surface area (Å²) < 4.78 is 37.8. The molecule has 7 nitrogen and oxygen atoms in total. The van der Waals surface area contributed by atoms with E-state index in [1.807, 2.05) is 6.92 Å². The van der Waals surface area contributed by atoms with Crippen LogP contribution in [0.4, 0.5) is 19.3 Å². The SMILES string of the molecule is CCOc1ccc(NC(=O)N2CCCC2c2nc(-c3ccc(F)cc3F)no2)cc1. The first-order valence-electron chi connectivity index (χ1n) is 9.64. The Bertz CT molecular complexity index is 1040. The minimum absolute atomic E-state index is 0.0151. The first kappa shape index (κ1) is 19.8. The molecule has 2 heterocycles. The molecule has 0 spiro atoms. The van der Waals surface area contributed by atoms with E-state index in [2.05, 4.69) is 15.5 Å². The Balaban J connectivity index is 1.48. The Morgan fingerprint density at radius 2 is 2.07 bits per heavy atom.